The number of hydrogen-bond donors (Lipinski definition) is 1. The van der Waals surface area contributed by atoms with Crippen molar-refractivity contribution in [2.45, 2.75) is 20.8 Å². The Labute approximate surface area is 152 Å². The van der Waals surface area contributed by atoms with E-state index in [1.807, 2.05) is 30.3 Å². The standard InChI is InChI=1S/C20H22N2O4/c1-4-25-19(23)16-13-17(20(24)26-5-2)18(22-14(16)3)11-12-21-15-9-7-6-8-10-15/h6-13,21H,4-5H2,1-3H3. The number of hydrogen-bond acceptors (Lipinski definition) is 6. The Bertz CT molecular complexity index is 801. The molecule has 6 heteroatoms. The van der Waals surface area contributed by atoms with Crippen LogP contribution in [0.1, 0.15) is 46.0 Å². The van der Waals surface area contributed by atoms with Crippen LogP contribution in [0.4, 0.5) is 5.69 Å². The molecule has 0 unspecified atom stereocenters. The largest absolute Gasteiger partial charge is 0.462 e. The fourth-order valence-corrected chi connectivity index (χ4v) is 2.29. The van der Waals surface area contributed by atoms with Gasteiger partial charge in [-0.05, 0) is 45.0 Å². The number of esters is 2. The first-order valence-corrected chi connectivity index (χ1v) is 8.40. The highest BCUT2D eigenvalue weighted by molar-refractivity contribution is 5.98. The number of benzene rings is 1. The second-order valence-corrected chi connectivity index (χ2v) is 5.34. The van der Waals surface area contributed by atoms with E-state index >= 15 is 0 Å². The summed E-state index contributed by atoms with van der Waals surface area (Å²) >= 11 is 0. The zero-order valence-corrected chi connectivity index (χ0v) is 15.1. The lowest BCUT2D eigenvalue weighted by Crippen LogP contribution is -2.14. The monoisotopic (exact) mass is 354 g/mol. The van der Waals surface area contributed by atoms with Crippen molar-refractivity contribution in [3.8, 4) is 0 Å². The molecule has 0 amide bonds. The lowest BCUT2D eigenvalue weighted by molar-refractivity contribution is 0.0523. The summed E-state index contributed by atoms with van der Waals surface area (Å²) in [6.07, 6.45) is 3.35. The van der Waals surface area contributed by atoms with E-state index in [0.29, 0.717) is 11.4 Å². The molecular formula is C20H22N2O4. The van der Waals surface area contributed by atoms with Gasteiger partial charge >= 0.3 is 11.9 Å². The Morgan fingerprint density at radius 2 is 1.65 bits per heavy atom. The molecule has 0 aliphatic carbocycles. The minimum atomic E-state index is -0.537. The molecule has 6 nitrogen and oxygen atoms in total. The quantitative estimate of drug-likeness (QED) is 0.762. The van der Waals surface area contributed by atoms with Crippen molar-refractivity contribution < 1.29 is 19.1 Å². The highest BCUT2D eigenvalue weighted by Crippen LogP contribution is 2.17. The Morgan fingerprint density at radius 3 is 2.27 bits per heavy atom. The molecule has 136 valence electrons. The number of aryl methyl sites for hydroxylation is 1. The number of nitrogens with zero attached hydrogens (tertiary/aromatic N) is 1. The molecule has 2 aromatic rings. The summed E-state index contributed by atoms with van der Waals surface area (Å²) in [5, 5.41) is 3.10. The summed E-state index contributed by atoms with van der Waals surface area (Å²) in [6.45, 7) is 5.61. The van der Waals surface area contributed by atoms with E-state index in [2.05, 4.69) is 10.3 Å². The van der Waals surface area contributed by atoms with Crippen LogP contribution < -0.4 is 5.32 Å². The first-order valence-electron chi connectivity index (χ1n) is 8.40. The fourth-order valence-electron chi connectivity index (χ4n) is 2.29. The maximum Gasteiger partial charge on any atom is 0.340 e. The number of para-hydroxylation sites is 1. The van der Waals surface area contributed by atoms with Crippen molar-refractivity contribution in [3.05, 3.63) is 65.1 Å². The normalized spacial score (nSPS) is 10.6. The molecule has 1 N–H and O–H groups in total. The highest BCUT2D eigenvalue weighted by atomic mass is 16.5. The Kier molecular flexibility index (Phi) is 6.91. The number of anilines is 1. The highest BCUT2D eigenvalue weighted by Gasteiger charge is 2.19. The molecule has 0 bridgehead atoms. The summed E-state index contributed by atoms with van der Waals surface area (Å²) in [7, 11) is 0. The molecule has 0 radical (unpaired) electrons. The summed E-state index contributed by atoms with van der Waals surface area (Å²) in [5.41, 5.74) is 2.27. The van der Waals surface area contributed by atoms with Gasteiger partial charge in [-0.15, -0.1) is 0 Å². The van der Waals surface area contributed by atoms with Gasteiger partial charge in [-0.1, -0.05) is 18.2 Å². The van der Waals surface area contributed by atoms with Crippen LogP contribution >= 0.6 is 0 Å². The third-order valence-electron chi connectivity index (χ3n) is 3.50. The molecule has 1 aromatic carbocycles. The minimum Gasteiger partial charge on any atom is -0.462 e. The van der Waals surface area contributed by atoms with Crippen LogP contribution in [0.15, 0.2) is 42.6 Å². The SMILES string of the molecule is CCOC(=O)c1cc(C(=O)OCC)c(C=CNc2ccccc2)nc1C. The number of carbonyl (C=O) groups is 2. The number of nitrogens with one attached hydrogen (secondary N) is 1. The van der Waals surface area contributed by atoms with Gasteiger partial charge in [-0.3, -0.25) is 4.98 Å². The molecule has 26 heavy (non-hydrogen) atoms. The van der Waals surface area contributed by atoms with Crippen LogP contribution in [0.25, 0.3) is 6.08 Å². The van der Waals surface area contributed by atoms with E-state index in [1.54, 1.807) is 33.0 Å². The van der Waals surface area contributed by atoms with Crippen molar-refractivity contribution >= 4 is 23.7 Å². The van der Waals surface area contributed by atoms with Gasteiger partial charge in [0, 0.05) is 11.9 Å². The van der Waals surface area contributed by atoms with Crippen molar-refractivity contribution in [1.29, 1.82) is 0 Å². The van der Waals surface area contributed by atoms with Crippen LogP contribution in [0.5, 0.6) is 0 Å². The molecular weight excluding hydrogens is 332 g/mol. The number of aromatic nitrogens is 1. The van der Waals surface area contributed by atoms with Gasteiger partial charge in [-0.25, -0.2) is 9.59 Å². The molecule has 0 aliphatic rings. The van der Waals surface area contributed by atoms with Crippen molar-refractivity contribution in [2.24, 2.45) is 0 Å². The van der Waals surface area contributed by atoms with E-state index in [-0.39, 0.29) is 24.3 Å². The Morgan fingerprint density at radius 1 is 1.04 bits per heavy atom. The van der Waals surface area contributed by atoms with E-state index < -0.39 is 11.9 Å². The second-order valence-electron chi connectivity index (χ2n) is 5.34. The van der Waals surface area contributed by atoms with Gasteiger partial charge in [0.1, 0.15) is 0 Å². The van der Waals surface area contributed by atoms with Gasteiger partial charge in [0.25, 0.3) is 0 Å². The molecule has 0 fully saturated rings. The van der Waals surface area contributed by atoms with Crippen LogP contribution in [0.3, 0.4) is 0 Å². The smallest absolute Gasteiger partial charge is 0.340 e. The third kappa shape index (κ3) is 4.92. The molecule has 0 saturated carbocycles. The molecule has 1 aromatic heterocycles. The average molecular weight is 354 g/mol. The van der Waals surface area contributed by atoms with Crippen molar-refractivity contribution in [3.63, 3.8) is 0 Å². The van der Waals surface area contributed by atoms with Gasteiger partial charge < -0.3 is 14.8 Å². The summed E-state index contributed by atoms with van der Waals surface area (Å²) in [4.78, 5) is 28.7. The average Bonchev–Trinajstić information content (AvgIpc) is 2.63. The lowest BCUT2D eigenvalue weighted by Gasteiger charge is -2.10. The molecule has 0 aliphatic heterocycles. The maximum atomic E-state index is 12.3. The van der Waals surface area contributed by atoms with E-state index in [1.165, 1.54) is 6.07 Å². The number of rotatable bonds is 7. The van der Waals surface area contributed by atoms with E-state index in [0.717, 1.165) is 5.69 Å². The summed E-state index contributed by atoms with van der Waals surface area (Å²) in [5.74, 6) is -1.05. The molecule has 1 heterocycles. The van der Waals surface area contributed by atoms with Gasteiger partial charge in [0.2, 0.25) is 0 Å². The first-order chi connectivity index (χ1) is 12.6. The van der Waals surface area contributed by atoms with Crippen LogP contribution in [-0.2, 0) is 9.47 Å². The van der Waals surface area contributed by atoms with E-state index in [9.17, 15) is 9.59 Å². The predicted molar refractivity (Wildman–Crippen MR) is 100.0 cm³/mol. The zero-order valence-electron chi connectivity index (χ0n) is 15.1. The third-order valence-corrected chi connectivity index (χ3v) is 3.50. The number of carbonyl (C=O) groups excluding carboxylic acids is 2. The maximum absolute atomic E-state index is 12.3. The minimum absolute atomic E-state index is 0.214. The van der Waals surface area contributed by atoms with Crippen molar-refractivity contribution in [2.75, 3.05) is 18.5 Å². The number of ether oxygens (including phenoxy) is 2. The van der Waals surface area contributed by atoms with E-state index in [4.69, 9.17) is 9.47 Å². The molecule has 2 rings (SSSR count). The fraction of sp³-hybridized carbons (Fsp3) is 0.250. The molecule has 0 spiro atoms. The molecule has 0 saturated heterocycles. The molecule has 0 atom stereocenters. The lowest BCUT2D eigenvalue weighted by atomic mass is 10.1. The van der Waals surface area contributed by atoms with Gasteiger partial charge in [0.05, 0.1) is 35.7 Å². The predicted octanol–water partition coefficient (Wildman–Crippen LogP) is 3.83. The summed E-state index contributed by atoms with van der Waals surface area (Å²) in [6, 6.07) is 11.1. The van der Waals surface area contributed by atoms with Crippen molar-refractivity contribution in [1.82, 2.24) is 4.98 Å². The second kappa shape index (κ2) is 9.36. The zero-order chi connectivity index (χ0) is 18.9. The van der Waals surface area contributed by atoms with Crippen LogP contribution in [-0.4, -0.2) is 30.1 Å². The topological polar surface area (TPSA) is 77.5 Å². The summed E-state index contributed by atoms with van der Waals surface area (Å²) < 4.78 is 10.1. The Hall–Kier alpha value is -3.15. The van der Waals surface area contributed by atoms with Crippen LogP contribution in [0, 0.1) is 6.92 Å². The van der Waals surface area contributed by atoms with Gasteiger partial charge in [0.15, 0.2) is 0 Å². The van der Waals surface area contributed by atoms with Crippen LogP contribution in [0.2, 0.25) is 0 Å². The van der Waals surface area contributed by atoms with Gasteiger partial charge in [-0.2, -0.15) is 0 Å². The number of pyridine rings is 1. The Balaban J connectivity index is 2.35. The first kappa shape index (κ1) is 19.2.